The van der Waals surface area contributed by atoms with Gasteiger partial charge in [-0.15, -0.1) is 0 Å². The zero-order chi connectivity index (χ0) is 9.71. The molecular formula is C11H8BrNO. The average molecular weight is 250 g/mol. The van der Waals surface area contributed by atoms with E-state index in [2.05, 4.69) is 27.0 Å². The summed E-state index contributed by atoms with van der Waals surface area (Å²) in [5, 5.41) is 1.18. The third-order valence-corrected chi connectivity index (χ3v) is 3.20. The molecule has 70 valence electrons. The van der Waals surface area contributed by atoms with Gasteiger partial charge in [-0.25, -0.2) is 0 Å². The van der Waals surface area contributed by atoms with Crippen molar-refractivity contribution >= 4 is 32.6 Å². The molecule has 1 N–H and O–H groups in total. The first-order valence-corrected chi connectivity index (χ1v) is 5.34. The summed E-state index contributed by atoms with van der Waals surface area (Å²) >= 11 is 3.44. The fraction of sp³-hybridized carbons (Fsp3) is 0.182. The SMILES string of the molecule is O=C1Cc2[nH]c3ccc(Br)cc3c2C1. The lowest BCUT2D eigenvalue weighted by Crippen LogP contribution is -1.94. The molecule has 0 saturated carbocycles. The van der Waals surface area contributed by atoms with Gasteiger partial charge < -0.3 is 4.98 Å². The van der Waals surface area contributed by atoms with Crippen LogP contribution in [0.15, 0.2) is 22.7 Å². The predicted molar refractivity (Wildman–Crippen MR) is 58.4 cm³/mol. The molecule has 0 amide bonds. The number of nitrogens with one attached hydrogen (secondary N) is 1. The molecular weight excluding hydrogens is 242 g/mol. The molecule has 0 radical (unpaired) electrons. The van der Waals surface area contributed by atoms with Crippen LogP contribution in [0.25, 0.3) is 10.9 Å². The number of H-pyrrole nitrogens is 1. The fourth-order valence-electron chi connectivity index (χ4n) is 2.09. The van der Waals surface area contributed by atoms with Gasteiger partial charge in [-0.05, 0) is 23.8 Å². The molecule has 0 spiro atoms. The summed E-state index contributed by atoms with van der Waals surface area (Å²) in [4.78, 5) is 14.5. The highest BCUT2D eigenvalue weighted by atomic mass is 79.9. The first kappa shape index (κ1) is 8.24. The Kier molecular flexibility index (Phi) is 1.59. The first-order chi connectivity index (χ1) is 6.74. The van der Waals surface area contributed by atoms with Crippen LogP contribution in [0.4, 0.5) is 0 Å². The van der Waals surface area contributed by atoms with Crippen molar-refractivity contribution < 1.29 is 4.79 Å². The molecule has 1 aromatic carbocycles. The van der Waals surface area contributed by atoms with E-state index in [1.807, 2.05) is 12.1 Å². The number of benzene rings is 1. The molecule has 0 atom stereocenters. The molecule has 2 aromatic rings. The monoisotopic (exact) mass is 249 g/mol. The Bertz CT molecular complexity index is 541. The molecule has 0 bridgehead atoms. The molecule has 2 nitrogen and oxygen atoms in total. The average Bonchev–Trinajstić information content (AvgIpc) is 2.62. The van der Waals surface area contributed by atoms with Crippen molar-refractivity contribution in [2.24, 2.45) is 0 Å². The minimum atomic E-state index is 0.313. The fourth-order valence-corrected chi connectivity index (χ4v) is 2.45. The van der Waals surface area contributed by atoms with Gasteiger partial charge in [0.2, 0.25) is 0 Å². The van der Waals surface area contributed by atoms with Crippen molar-refractivity contribution in [3.63, 3.8) is 0 Å². The Hall–Kier alpha value is -1.09. The maximum Gasteiger partial charge on any atom is 0.143 e. The largest absolute Gasteiger partial charge is 0.358 e. The van der Waals surface area contributed by atoms with Gasteiger partial charge in [0.15, 0.2) is 0 Å². The minimum Gasteiger partial charge on any atom is -0.358 e. The van der Waals surface area contributed by atoms with Gasteiger partial charge >= 0.3 is 0 Å². The summed E-state index contributed by atoms with van der Waals surface area (Å²) in [6, 6.07) is 6.13. The normalized spacial score (nSPS) is 15.1. The van der Waals surface area contributed by atoms with Gasteiger partial charge in [0, 0.05) is 33.9 Å². The number of hydrogen-bond acceptors (Lipinski definition) is 1. The zero-order valence-corrected chi connectivity index (χ0v) is 9.02. The summed E-state index contributed by atoms with van der Waals surface area (Å²) < 4.78 is 1.06. The third kappa shape index (κ3) is 1.05. The number of carbonyl (C=O) groups is 1. The highest BCUT2D eigenvalue weighted by molar-refractivity contribution is 9.10. The summed E-state index contributed by atoms with van der Waals surface area (Å²) in [6.07, 6.45) is 1.16. The number of aromatic nitrogens is 1. The zero-order valence-electron chi connectivity index (χ0n) is 7.43. The second-order valence-electron chi connectivity index (χ2n) is 3.66. The Morgan fingerprint density at radius 2 is 2.14 bits per heavy atom. The number of halogens is 1. The van der Waals surface area contributed by atoms with E-state index in [-0.39, 0.29) is 0 Å². The molecule has 0 fully saturated rings. The van der Waals surface area contributed by atoms with E-state index in [9.17, 15) is 4.79 Å². The molecule has 1 aliphatic rings. The molecule has 1 aromatic heterocycles. The highest BCUT2D eigenvalue weighted by Crippen LogP contribution is 2.30. The van der Waals surface area contributed by atoms with Crippen LogP contribution >= 0.6 is 15.9 Å². The van der Waals surface area contributed by atoms with Crippen molar-refractivity contribution in [3.05, 3.63) is 33.9 Å². The Labute approximate surface area is 89.4 Å². The van der Waals surface area contributed by atoms with E-state index in [4.69, 9.17) is 0 Å². The second kappa shape index (κ2) is 2.70. The van der Waals surface area contributed by atoms with Crippen molar-refractivity contribution in [1.82, 2.24) is 4.98 Å². The number of aromatic amines is 1. The maximum absolute atomic E-state index is 11.3. The molecule has 1 aliphatic carbocycles. The number of rotatable bonds is 0. The molecule has 0 unspecified atom stereocenters. The smallest absolute Gasteiger partial charge is 0.143 e. The van der Waals surface area contributed by atoms with Crippen LogP contribution in [0.3, 0.4) is 0 Å². The molecule has 0 aliphatic heterocycles. The lowest BCUT2D eigenvalue weighted by molar-refractivity contribution is -0.117. The summed E-state index contributed by atoms with van der Waals surface area (Å²) in [7, 11) is 0. The number of Topliss-reactive ketones (excluding diaryl/α,β-unsaturated/α-hetero) is 1. The van der Waals surface area contributed by atoms with Crippen molar-refractivity contribution in [1.29, 1.82) is 0 Å². The minimum absolute atomic E-state index is 0.313. The Balaban J connectivity index is 2.35. The number of fused-ring (bicyclic) bond motifs is 3. The van der Waals surface area contributed by atoms with E-state index < -0.39 is 0 Å². The van der Waals surface area contributed by atoms with E-state index >= 15 is 0 Å². The van der Waals surface area contributed by atoms with E-state index in [0.717, 1.165) is 15.7 Å². The van der Waals surface area contributed by atoms with E-state index in [1.165, 1.54) is 10.9 Å². The molecule has 0 saturated heterocycles. The van der Waals surface area contributed by atoms with Crippen LogP contribution in [-0.2, 0) is 17.6 Å². The van der Waals surface area contributed by atoms with Crippen molar-refractivity contribution in [2.45, 2.75) is 12.8 Å². The lowest BCUT2D eigenvalue weighted by Gasteiger charge is -1.94. The Morgan fingerprint density at radius 1 is 1.29 bits per heavy atom. The van der Waals surface area contributed by atoms with Crippen LogP contribution in [-0.4, -0.2) is 10.8 Å². The van der Waals surface area contributed by atoms with Gasteiger partial charge in [0.05, 0.1) is 0 Å². The standard InChI is InChI=1S/C11H8BrNO/c12-6-1-2-10-8(3-6)9-4-7(14)5-11(9)13-10/h1-3,13H,4-5H2. The lowest BCUT2D eigenvalue weighted by atomic mass is 10.1. The van der Waals surface area contributed by atoms with Crippen LogP contribution in [0.5, 0.6) is 0 Å². The van der Waals surface area contributed by atoms with Crippen molar-refractivity contribution in [2.75, 3.05) is 0 Å². The van der Waals surface area contributed by atoms with Crippen molar-refractivity contribution in [3.8, 4) is 0 Å². The van der Waals surface area contributed by atoms with Gasteiger partial charge in [-0.3, -0.25) is 4.79 Å². The van der Waals surface area contributed by atoms with Gasteiger partial charge in [-0.2, -0.15) is 0 Å². The third-order valence-electron chi connectivity index (χ3n) is 2.70. The topological polar surface area (TPSA) is 32.9 Å². The molecule has 1 heterocycles. The second-order valence-corrected chi connectivity index (χ2v) is 4.58. The van der Waals surface area contributed by atoms with Crippen LogP contribution in [0.2, 0.25) is 0 Å². The Morgan fingerprint density at radius 3 is 3.00 bits per heavy atom. The quantitative estimate of drug-likeness (QED) is 0.765. The van der Waals surface area contributed by atoms with Gasteiger partial charge in [0.25, 0.3) is 0 Å². The number of carbonyl (C=O) groups excluding carboxylic acids is 1. The van der Waals surface area contributed by atoms with E-state index in [1.54, 1.807) is 0 Å². The summed E-state index contributed by atoms with van der Waals surface area (Å²) in [5.74, 6) is 0.313. The summed E-state index contributed by atoms with van der Waals surface area (Å²) in [6.45, 7) is 0. The van der Waals surface area contributed by atoms with Crippen LogP contribution in [0, 0.1) is 0 Å². The maximum atomic E-state index is 11.3. The molecule has 14 heavy (non-hydrogen) atoms. The first-order valence-electron chi connectivity index (χ1n) is 4.55. The highest BCUT2D eigenvalue weighted by Gasteiger charge is 2.22. The van der Waals surface area contributed by atoms with E-state index in [0.29, 0.717) is 18.6 Å². The van der Waals surface area contributed by atoms with Gasteiger partial charge in [-0.1, -0.05) is 15.9 Å². The van der Waals surface area contributed by atoms with Crippen LogP contribution in [0.1, 0.15) is 11.3 Å². The number of hydrogen-bond donors (Lipinski definition) is 1. The molecule has 3 rings (SSSR count). The van der Waals surface area contributed by atoms with Gasteiger partial charge in [0.1, 0.15) is 5.78 Å². The summed E-state index contributed by atoms with van der Waals surface area (Å²) in [5.41, 5.74) is 3.42. The predicted octanol–water partition coefficient (Wildman–Crippen LogP) is 2.60. The molecule has 3 heteroatoms. The number of ketones is 1. The van der Waals surface area contributed by atoms with Crippen LogP contribution < -0.4 is 0 Å².